The summed E-state index contributed by atoms with van der Waals surface area (Å²) in [5, 5.41) is 26.2. The fourth-order valence-corrected chi connectivity index (χ4v) is 4.83. The second-order valence-electron chi connectivity index (χ2n) is 11.4. The van der Waals surface area contributed by atoms with Crippen molar-refractivity contribution in [1.82, 2.24) is 15.0 Å². The highest BCUT2D eigenvalue weighted by Crippen LogP contribution is 2.41. The van der Waals surface area contributed by atoms with Crippen LogP contribution in [0.2, 0.25) is 0 Å². The normalized spacial score (nSPS) is 12.1. The lowest BCUT2D eigenvalue weighted by atomic mass is 9.72. The number of carbonyl (C=O) groups is 1. The van der Waals surface area contributed by atoms with Gasteiger partial charge in [-0.25, -0.2) is 4.79 Å². The molecule has 36 heavy (non-hydrogen) atoms. The molecular formula is C29H35N5O2. The molecule has 3 N–H and O–H groups in total. The Morgan fingerprint density at radius 1 is 0.889 bits per heavy atom. The van der Waals surface area contributed by atoms with Crippen LogP contribution in [0.3, 0.4) is 0 Å². The number of aromatic hydroxyl groups is 1. The first kappa shape index (κ1) is 25.2. The van der Waals surface area contributed by atoms with E-state index in [1.807, 2.05) is 68.4 Å². The van der Waals surface area contributed by atoms with Gasteiger partial charge in [0.15, 0.2) is 5.75 Å². The third kappa shape index (κ3) is 5.67. The first-order chi connectivity index (χ1) is 16.8. The summed E-state index contributed by atoms with van der Waals surface area (Å²) in [6.07, 6.45) is 0.896. The maximum atomic E-state index is 12.9. The van der Waals surface area contributed by atoms with Gasteiger partial charge in [-0.3, -0.25) is 0 Å². The number of amides is 2. The second kappa shape index (κ2) is 9.30. The van der Waals surface area contributed by atoms with Crippen molar-refractivity contribution in [3.05, 3.63) is 71.3 Å². The molecule has 4 rings (SSSR count). The number of aromatic nitrogens is 3. The van der Waals surface area contributed by atoms with Crippen molar-refractivity contribution in [1.29, 1.82) is 0 Å². The number of nitrogens with zero attached hydrogens (tertiary/aromatic N) is 3. The van der Waals surface area contributed by atoms with Crippen LogP contribution < -0.4 is 10.6 Å². The summed E-state index contributed by atoms with van der Waals surface area (Å²) >= 11 is 0. The Morgan fingerprint density at radius 3 is 2.28 bits per heavy atom. The topological polar surface area (TPSA) is 92.1 Å². The van der Waals surface area contributed by atoms with Crippen LogP contribution in [-0.4, -0.2) is 26.1 Å². The molecule has 4 aromatic rings. The lowest BCUT2D eigenvalue weighted by Gasteiger charge is -2.33. The van der Waals surface area contributed by atoms with E-state index < -0.39 is 6.03 Å². The van der Waals surface area contributed by atoms with Crippen LogP contribution >= 0.6 is 0 Å². The van der Waals surface area contributed by atoms with Gasteiger partial charge < -0.3 is 15.7 Å². The molecule has 0 radical (unpaired) electrons. The SMILES string of the molecule is Cc1cccc(NC(=O)Nc2cc(C(C)(C)CC(C)(C)C)cc(-n3nc4ccc(C)cc4n3)c2O)c1. The van der Waals surface area contributed by atoms with Crippen molar-refractivity contribution in [2.75, 3.05) is 10.6 Å². The van der Waals surface area contributed by atoms with E-state index in [1.54, 1.807) is 0 Å². The van der Waals surface area contributed by atoms with E-state index in [1.165, 1.54) is 4.80 Å². The molecule has 2 amide bonds. The standard InChI is InChI=1S/C29H35N5O2/c1-18-9-8-10-21(13-18)30-27(36)31-24-15-20(29(6,7)17-28(3,4)5)16-25(26(24)35)34-32-22-12-11-19(2)14-23(22)33-34/h8-16,35H,17H2,1-7H3,(H2,30,31,36). The molecule has 0 unspecified atom stereocenters. The van der Waals surface area contributed by atoms with Crippen LogP contribution in [0.5, 0.6) is 5.75 Å². The molecule has 0 aliphatic heterocycles. The summed E-state index contributed by atoms with van der Waals surface area (Å²) in [4.78, 5) is 14.3. The molecule has 3 aromatic carbocycles. The van der Waals surface area contributed by atoms with Gasteiger partial charge in [0.1, 0.15) is 16.7 Å². The summed E-state index contributed by atoms with van der Waals surface area (Å²) in [7, 11) is 0. The van der Waals surface area contributed by atoms with Gasteiger partial charge in [0.25, 0.3) is 0 Å². The zero-order valence-electron chi connectivity index (χ0n) is 22.1. The van der Waals surface area contributed by atoms with E-state index in [-0.39, 0.29) is 16.6 Å². The number of anilines is 2. The molecule has 7 heteroatoms. The highest BCUT2D eigenvalue weighted by atomic mass is 16.3. The average molecular weight is 486 g/mol. The fraction of sp³-hybridized carbons (Fsp3) is 0.345. The molecule has 188 valence electrons. The third-order valence-electron chi connectivity index (χ3n) is 6.12. The Balaban J connectivity index is 1.78. The maximum Gasteiger partial charge on any atom is 0.323 e. The van der Waals surface area contributed by atoms with Crippen molar-refractivity contribution >= 4 is 28.4 Å². The van der Waals surface area contributed by atoms with Gasteiger partial charge in [0.05, 0.1) is 5.69 Å². The van der Waals surface area contributed by atoms with Crippen molar-refractivity contribution in [2.24, 2.45) is 5.41 Å². The third-order valence-corrected chi connectivity index (χ3v) is 6.12. The Kier molecular flexibility index (Phi) is 6.52. The molecule has 7 nitrogen and oxygen atoms in total. The molecule has 0 aliphatic rings. The van der Waals surface area contributed by atoms with Crippen LogP contribution in [-0.2, 0) is 5.41 Å². The molecule has 1 heterocycles. The molecule has 0 atom stereocenters. The van der Waals surface area contributed by atoms with Crippen LogP contribution in [0.15, 0.2) is 54.6 Å². The van der Waals surface area contributed by atoms with Crippen LogP contribution in [0, 0.1) is 19.3 Å². The first-order valence-corrected chi connectivity index (χ1v) is 12.2. The van der Waals surface area contributed by atoms with Gasteiger partial charge in [-0.1, -0.05) is 52.8 Å². The van der Waals surface area contributed by atoms with E-state index in [2.05, 4.69) is 55.4 Å². The zero-order valence-corrected chi connectivity index (χ0v) is 22.1. The highest BCUT2D eigenvalue weighted by molar-refractivity contribution is 6.01. The number of hydrogen-bond acceptors (Lipinski definition) is 4. The maximum absolute atomic E-state index is 12.9. The molecule has 0 aliphatic carbocycles. The number of carbonyl (C=O) groups excluding carboxylic acids is 1. The summed E-state index contributed by atoms with van der Waals surface area (Å²) < 4.78 is 0. The molecular weight excluding hydrogens is 450 g/mol. The number of phenolic OH excluding ortho intramolecular Hbond substituents is 1. The van der Waals surface area contributed by atoms with Crippen molar-refractivity contribution < 1.29 is 9.90 Å². The van der Waals surface area contributed by atoms with E-state index in [9.17, 15) is 9.90 Å². The molecule has 0 saturated heterocycles. The Morgan fingerprint density at radius 2 is 1.58 bits per heavy atom. The summed E-state index contributed by atoms with van der Waals surface area (Å²) in [5.41, 5.74) is 5.76. The van der Waals surface area contributed by atoms with Crippen molar-refractivity contribution in [2.45, 2.75) is 60.3 Å². The lowest BCUT2D eigenvalue weighted by Crippen LogP contribution is -2.26. The molecule has 1 aromatic heterocycles. The van der Waals surface area contributed by atoms with Crippen LogP contribution in [0.1, 0.15) is 57.7 Å². The van der Waals surface area contributed by atoms with E-state index in [4.69, 9.17) is 0 Å². The molecule has 0 spiro atoms. The minimum atomic E-state index is -0.443. The van der Waals surface area contributed by atoms with Gasteiger partial charge in [-0.05, 0) is 84.2 Å². The van der Waals surface area contributed by atoms with Crippen LogP contribution in [0.25, 0.3) is 16.7 Å². The monoisotopic (exact) mass is 485 g/mol. The smallest absolute Gasteiger partial charge is 0.323 e. The lowest BCUT2D eigenvalue weighted by molar-refractivity contribution is 0.262. The van der Waals surface area contributed by atoms with Gasteiger partial charge in [-0.2, -0.15) is 0 Å². The number of urea groups is 1. The average Bonchev–Trinajstić information content (AvgIpc) is 3.16. The zero-order chi connectivity index (χ0) is 26.3. The minimum Gasteiger partial charge on any atom is -0.504 e. The van der Waals surface area contributed by atoms with Crippen molar-refractivity contribution in [3.8, 4) is 11.4 Å². The quantitative estimate of drug-likeness (QED) is 0.263. The first-order valence-electron chi connectivity index (χ1n) is 12.2. The number of aryl methyl sites for hydroxylation is 2. The number of benzene rings is 3. The van der Waals surface area contributed by atoms with E-state index in [0.29, 0.717) is 17.1 Å². The van der Waals surface area contributed by atoms with Gasteiger partial charge in [0.2, 0.25) is 0 Å². The highest BCUT2D eigenvalue weighted by Gasteiger charge is 2.30. The molecule has 0 bridgehead atoms. The molecule has 0 saturated carbocycles. The second-order valence-corrected chi connectivity index (χ2v) is 11.4. The van der Waals surface area contributed by atoms with Crippen LogP contribution in [0.4, 0.5) is 16.2 Å². The number of phenols is 1. The van der Waals surface area contributed by atoms with E-state index >= 15 is 0 Å². The Labute approximate surface area is 212 Å². The number of fused-ring (bicyclic) bond motifs is 1. The summed E-state index contributed by atoms with van der Waals surface area (Å²) in [5.74, 6) is -0.0956. The van der Waals surface area contributed by atoms with E-state index in [0.717, 1.165) is 34.1 Å². The number of nitrogens with one attached hydrogen (secondary N) is 2. The van der Waals surface area contributed by atoms with Gasteiger partial charge in [0, 0.05) is 5.69 Å². The predicted octanol–water partition coefficient (Wildman–Crippen LogP) is 7.10. The fourth-order valence-electron chi connectivity index (χ4n) is 4.83. The number of hydrogen-bond donors (Lipinski definition) is 3. The number of rotatable bonds is 5. The summed E-state index contributed by atoms with van der Waals surface area (Å²) in [6, 6.07) is 16.7. The molecule has 0 fully saturated rings. The minimum absolute atomic E-state index is 0.0772. The Bertz CT molecular complexity index is 1430. The summed E-state index contributed by atoms with van der Waals surface area (Å²) in [6.45, 7) is 14.9. The van der Waals surface area contributed by atoms with Gasteiger partial charge in [-0.15, -0.1) is 15.0 Å². The van der Waals surface area contributed by atoms with Gasteiger partial charge >= 0.3 is 6.03 Å². The van der Waals surface area contributed by atoms with Crippen molar-refractivity contribution in [3.63, 3.8) is 0 Å². The predicted molar refractivity (Wildman–Crippen MR) is 146 cm³/mol. The largest absolute Gasteiger partial charge is 0.504 e. The Hall–Kier alpha value is -3.87.